The van der Waals surface area contributed by atoms with Gasteiger partial charge in [0.15, 0.2) is 0 Å². The summed E-state index contributed by atoms with van der Waals surface area (Å²) in [6, 6.07) is 8.45. The van der Waals surface area contributed by atoms with Gasteiger partial charge in [-0.25, -0.2) is 0 Å². The lowest BCUT2D eigenvalue weighted by Gasteiger charge is -2.12. The number of hydrogen-bond donors (Lipinski definition) is 0. The van der Waals surface area contributed by atoms with Crippen LogP contribution in [0.1, 0.15) is 16.7 Å². The van der Waals surface area contributed by atoms with E-state index in [0.717, 1.165) is 24.3 Å². The summed E-state index contributed by atoms with van der Waals surface area (Å²) in [6.07, 6.45) is 0.465. The molecule has 0 aliphatic carbocycles. The van der Waals surface area contributed by atoms with Crippen molar-refractivity contribution in [1.82, 2.24) is 0 Å². The third-order valence-electron chi connectivity index (χ3n) is 3.72. The maximum absolute atomic E-state index is 12.5. The van der Waals surface area contributed by atoms with Gasteiger partial charge in [-0.05, 0) is 60.7 Å². The minimum atomic E-state index is -5.82. The minimum Gasteiger partial charge on any atom is -0.376 e. The van der Waals surface area contributed by atoms with Crippen LogP contribution in [0.15, 0.2) is 42.5 Å². The van der Waals surface area contributed by atoms with Crippen LogP contribution in [0.25, 0.3) is 0 Å². The molecule has 172 valence electrons. The quantitative estimate of drug-likeness (QED) is 0.327. The molecule has 0 radical (unpaired) electrons. The lowest BCUT2D eigenvalue weighted by Crippen LogP contribution is -2.28. The number of benzene rings is 2. The SMILES string of the molecule is Cc1cc(CCc2ccc(OS(=O)(=O)C(F)(F)F)cc2)cc(OS(=O)(=O)C(F)(F)F)c1. The van der Waals surface area contributed by atoms with Crippen molar-refractivity contribution in [3.8, 4) is 11.5 Å². The number of halogens is 6. The summed E-state index contributed by atoms with van der Waals surface area (Å²) >= 11 is 0. The Labute approximate surface area is 173 Å². The van der Waals surface area contributed by atoms with E-state index in [2.05, 4.69) is 8.37 Å². The molecule has 0 aromatic heterocycles. The molecule has 6 nitrogen and oxygen atoms in total. The van der Waals surface area contributed by atoms with E-state index in [1.165, 1.54) is 19.1 Å². The molecular formula is C17H14F6O6S2. The van der Waals surface area contributed by atoms with Gasteiger partial charge in [-0.2, -0.15) is 43.2 Å². The first-order chi connectivity index (χ1) is 14.0. The second-order valence-electron chi connectivity index (χ2n) is 6.26. The molecule has 31 heavy (non-hydrogen) atoms. The fraction of sp³-hybridized carbons (Fsp3) is 0.294. The van der Waals surface area contributed by atoms with Gasteiger partial charge in [0.05, 0.1) is 0 Å². The lowest BCUT2D eigenvalue weighted by atomic mass is 10.0. The van der Waals surface area contributed by atoms with E-state index in [0.29, 0.717) is 16.7 Å². The Balaban J connectivity index is 2.09. The molecule has 0 saturated heterocycles. The maximum atomic E-state index is 12.5. The van der Waals surface area contributed by atoms with Gasteiger partial charge in [0.2, 0.25) is 0 Å². The monoisotopic (exact) mass is 492 g/mol. The first-order valence-electron chi connectivity index (χ1n) is 8.21. The van der Waals surface area contributed by atoms with E-state index in [1.807, 2.05) is 0 Å². The zero-order valence-corrected chi connectivity index (χ0v) is 17.1. The smallest absolute Gasteiger partial charge is 0.376 e. The van der Waals surface area contributed by atoms with Crippen LogP contribution >= 0.6 is 0 Å². The Hall–Kier alpha value is -2.48. The van der Waals surface area contributed by atoms with Gasteiger partial charge in [0.1, 0.15) is 11.5 Å². The molecule has 0 unspecified atom stereocenters. The Morgan fingerprint density at radius 1 is 0.677 bits per heavy atom. The summed E-state index contributed by atoms with van der Waals surface area (Å²) in [5, 5.41) is 0. The van der Waals surface area contributed by atoms with Crippen molar-refractivity contribution < 1.29 is 51.5 Å². The van der Waals surface area contributed by atoms with Crippen molar-refractivity contribution in [3.63, 3.8) is 0 Å². The van der Waals surface area contributed by atoms with Crippen molar-refractivity contribution in [2.24, 2.45) is 0 Å². The zero-order valence-electron chi connectivity index (χ0n) is 15.5. The Morgan fingerprint density at radius 3 is 1.61 bits per heavy atom. The topological polar surface area (TPSA) is 86.7 Å². The van der Waals surface area contributed by atoms with Crippen LogP contribution in [0.2, 0.25) is 0 Å². The van der Waals surface area contributed by atoms with E-state index in [1.54, 1.807) is 6.07 Å². The average Bonchev–Trinajstić information content (AvgIpc) is 2.58. The molecule has 0 heterocycles. The highest BCUT2D eigenvalue weighted by Gasteiger charge is 2.49. The summed E-state index contributed by atoms with van der Waals surface area (Å²) in [4.78, 5) is 0. The van der Waals surface area contributed by atoms with Crippen LogP contribution in [0.3, 0.4) is 0 Å². The number of aryl methyl sites for hydroxylation is 3. The fourth-order valence-corrected chi connectivity index (χ4v) is 3.27. The minimum absolute atomic E-state index is 0.213. The molecule has 0 N–H and O–H groups in total. The molecule has 0 fully saturated rings. The lowest BCUT2D eigenvalue weighted by molar-refractivity contribution is -0.0504. The summed E-state index contributed by atoms with van der Waals surface area (Å²) in [5.41, 5.74) is -9.74. The van der Waals surface area contributed by atoms with Crippen LogP contribution in [0.5, 0.6) is 11.5 Å². The third kappa shape index (κ3) is 6.50. The van der Waals surface area contributed by atoms with Crippen LogP contribution in [-0.2, 0) is 33.1 Å². The van der Waals surface area contributed by atoms with Gasteiger partial charge in [-0.1, -0.05) is 18.2 Å². The Bertz CT molecular complexity index is 1140. The highest BCUT2D eigenvalue weighted by Crippen LogP contribution is 2.29. The molecule has 14 heteroatoms. The Kier molecular flexibility index (Phi) is 6.85. The molecule has 0 atom stereocenters. The average molecular weight is 492 g/mol. The second kappa shape index (κ2) is 8.57. The standard InChI is InChI=1S/C17H14F6O6S2/c1-11-8-13(10-15(9-11)29-31(26,27)17(21,22)23)3-2-12-4-6-14(7-5-12)28-30(24,25)16(18,19)20/h4-10H,2-3H2,1H3. The van der Waals surface area contributed by atoms with Crippen molar-refractivity contribution in [3.05, 3.63) is 59.2 Å². The van der Waals surface area contributed by atoms with Crippen LogP contribution in [-0.4, -0.2) is 27.9 Å². The van der Waals surface area contributed by atoms with E-state index >= 15 is 0 Å². The highest BCUT2D eigenvalue weighted by atomic mass is 32.2. The second-order valence-corrected chi connectivity index (χ2v) is 9.34. The van der Waals surface area contributed by atoms with Crippen LogP contribution in [0, 0.1) is 6.92 Å². The maximum Gasteiger partial charge on any atom is 0.534 e. The third-order valence-corrected chi connectivity index (χ3v) is 5.67. The summed E-state index contributed by atoms with van der Waals surface area (Å²) in [7, 11) is -11.6. The van der Waals surface area contributed by atoms with Crippen LogP contribution < -0.4 is 8.37 Å². The number of hydrogen-bond acceptors (Lipinski definition) is 6. The molecular weight excluding hydrogens is 478 g/mol. The van der Waals surface area contributed by atoms with E-state index in [-0.39, 0.29) is 12.8 Å². The number of alkyl halides is 6. The zero-order chi connectivity index (χ0) is 23.7. The molecule has 0 aliphatic rings. The van der Waals surface area contributed by atoms with Gasteiger partial charge < -0.3 is 8.37 Å². The van der Waals surface area contributed by atoms with E-state index in [4.69, 9.17) is 0 Å². The van der Waals surface area contributed by atoms with Crippen molar-refractivity contribution in [1.29, 1.82) is 0 Å². The normalized spacial score (nSPS) is 13.1. The molecule has 0 amide bonds. The Morgan fingerprint density at radius 2 is 1.13 bits per heavy atom. The predicted octanol–water partition coefficient (Wildman–Crippen LogP) is 4.24. The van der Waals surface area contributed by atoms with E-state index < -0.39 is 42.8 Å². The predicted molar refractivity (Wildman–Crippen MR) is 96.2 cm³/mol. The summed E-state index contributed by atoms with van der Waals surface area (Å²) in [5.74, 6) is -1.07. The van der Waals surface area contributed by atoms with Gasteiger partial charge in [-0.3, -0.25) is 0 Å². The molecule has 0 spiro atoms. The molecule has 0 aliphatic heterocycles. The van der Waals surface area contributed by atoms with Gasteiger partial charge in [0, 0.05) is 0 Å². The first-order valence-corrected chi connectivity index (χ1v) is 11.0. The molecule has 0 bridgehead atoms. The molecule has 2 aromatic rings. The van der Waals surface area contributed by atoms with E-state index in [9.17, 15) is 43.2 Å². The summed E-state index contributed by atoms with van der Waals surface area (Å²) < 4.78 is 127. The fourth-order valence-electron chi connectivity index (χ4n) is 2.37. The van der Waals surface area contributed by atoms with Gasteiger partial charge >= 0.3 is 31.3 Å². The van der Waals surface area contributed by atoms with Crippen molar-refractivity contribution >= 4 is 20.2 Å². The first kappa shape index (κ1) is 24.8. The highest BCUT2D eigenvalue weighted by molar-refractivity contribution is 7.88. The number of rotatable bonds is 7. The largest absolute Gasteiger partial charge is 0.534 e. The van der Waals surface area contributed by atoms with Gasteiger partial charge in [0.25, 0.3) is 0 Å². The molecule has 2 rings (SSSR count). The summed E-state index contributed by atoms with van der Waals surface area (Å²) in [6.45, 7) is 1.52. The van der Waals surface area contributed by atoms with Crippen molar-refractivity contribution in [2.45, 2.75) is 30.8 Å². The molecule has 0 saturated carbocycles. The van der Waals surface area contributed by atoms with Crippen LogP contribution in [0.4, 0.5) is 26.3 Å². The molecule has 2 aromatic carbocycles. The van der Waals surface area contributed by atoms with Gasteiger partial charge in [-0.15, -0.1) is 0 Å². The van der Waals surface area contributed by atoms with Crippen molar-refractivity contribution in [2.75, 3.05) is 0 Å².